The Morgan fingerprint density at radius 2 is 1.64 bits per heavy atom. The van der Waals surface area contributed by atoms with Gasteiger partial charge in [0, 0.05) is 37.5 Å². The Bertz CT molecular complexity index is 1080. The SMILES string of the molecule is COCCCN1C(=O)C(=O)/C(=C(/O)c2ccc(OC)cc2C)C1c1ccc(OC)cc1OC. The molecule has 0 aromatic heterocycles. The first-order valence-corrected chi connectivity index (χ1v) is 10.5. The van der Waals surface area contributed by atoms with Crippen LogP contribution in [0.5, 0.6) is 17.2 Å². The first-order chi connectivity index (χ1) is 15.9. The number of amides is 1. The number of carbonyl (C=O) groups is 2. The number of aryl methyl sites for hydroxylation is 1. The fourth-order valence-electron chi connectivity index (χ4n) is 4.03. The fraction of sp³-hybridized carbons (Fsp3) is 0.360. The van der Waals surface area contributed by atoms with Gasteiger partial charge in [0.1, 0.15) is 23.0 Å². The van der Waals surface area contributed by atoms with Crippen molar-refractivity contribution in [2.24, 2.45) is 0 Å². The minimum absolute atomic E-state index is 0.00847. The molecular formula is C25H29NO7. The van der Waals surface area contributed by atoms with Gasteiger partial charge < -0.3 is 29.0 Å². The summed E-state index contributed by atoms with van der Waals surface area (Å²) in [5.41, 5.74) is 1.73. The molecule has 1 N–H and O–H groups in total. The lowest BCUT2D eigenvalue weighted by Gasteiger charge is -2.27. The number of methoxy groups -OCH3 is 4. The number of likely N-dealkylation sites (tertiary alicyclic amines) is 1. The lowest BCUT2D eigenvalue weighted by Crippen LogP contribution is -2.31. The van der Waals surface area contributed by atoms with Gasteiger partial charge in [0.2, 0.25) is 0 Å². The van der Waals surface area contributed by atoms with E-state index in [0.717, 1.165) is 0 Å². The molecular weight excluding hydrogens is 426 g/mol. The van der Waals surface area contributed by atoms with Crippen LogP contribution >= 0.6 is 0 Å². The van der Waals surface area contributed by atoms with Crippen LogP contribution in [0.1, 0.15) is 29.2 Å². The third kappa shape index (κ3) is 4.66. The van der Waals surface area contributed by atoms with Crippen LogP contribution in [0.4, 0.5) is 0 Å². The summed E-state index contributed by atoms with van der Waals surface area (Å²) < 4.78 is 21.2. The summed E-state index contributed by atoms with van der Waals surface area (Å²) >= 11 is 0. The van der Waals surface area contributed by atoms with Crippen LogP contribution in [0.25, 0.3) is 5.76 Å². The maximum atomic E-state index is 13.2. The van der Waals surface area contributed by atoms with Crippen molar-refractivity contribution in [2.75, 3.05) is 41.6 Å². The Hall–Kier alpha value is -3.52. The van der Waals surface area contributed by atoms with Gasteiger partial charge in [-0.05, 0) is 49.2 Å². The number of nitrogens with zero attached hydrogens (tertiary/aromatic N) is 1. The van der Waals surface area contributed by atoms with E-state index in [0.29, 0.717) is 47.0 Å². The van der Waals surface area contributed by atoms with Crippen LogP contribution in [0.2, 0.25) is 0 Å². The van der Waals surface area contributed by atoms with Gasteiger partial charge in [-0.3, -0.25) is 9.59 Å². The highest BCUT2D eigenvalue weighted by Gasteiger charge is 2.47. The lowest BCUT2D eigenvalue weighted by atomic mass is 9.93. The molecule has 1 atom stereocenters. The van der Waals surface area contributed by atoms with E-state index in [2.05, 4.69) is 0 Å². The molecule has 3 rings (SSSR count). The standard InChI is InChI=1S/C25H29NO7/c1-15-13-16(31-3)7-9-18(15)23(27)21-22(19-10-8-17(32-4)14-20(19)33-5)26(11-6-12-30-2)25(29)24(21)28/h7-10,13-14,22,27H,6,11-12H2,1-5H3/b23-21+. The molecule has 2 aromatic rings. The smallest absolute Gasteiger partial charge is 0.295 e. The number of rotatable bonds is 9. The van der Waals surface area contributed by atoms with Crippen LogP contribution in [0, 0.1) is 6.92 Å². The van der Waals surface area contributed by atoms with Crippen LogP contribution in [0.3, 0.4) is 0 Å². The van der Waals surface area contributed by atoms with Gasteiger partial charge >= 0.3 is 0 Å². The van der Waals surface area contributed by atoms with Crippen LogP contribution in [-0.2, 0) is 14.3 Å². The minimum atomic E-state index is -0.829. The molecule has 1 aliphatic rings. The molecule has 1 amide bonds. The number of carbonyl (C=O) groups excluding carboxylic acids is 2. The first kappa shape index (κ1) is 24.1. The number of Topliss-reactive ketones (excluding diaryl/α,β-unsaturated/α-hetero) is 1. The molecule has 0 saturated carbocycles. The first-order valence-electron chi connectivity index (χ1n) is 10.5. The van der Waals surface area contributed by atoms with Crippen molar-refractivity contribution in [3.63, 3.8) is 0 Å². The largest absolute Gasteiger partial charge is 0.507 e. The summed E-state index contributed by atoms with van der Waals surface area (Å²) in [6, 6.07) is 9.45. The second kappa shape index (κ2) is 10.4. The zero-order valence-electron chi connectivity index (χ0n) is 19.5. The van der Waals surface area contributed by atoms with E-state index in [1.807, 2.05) is 0 Å². The van der Waals surface area contributed by atoms with E-state index < -0.39 is 17.7 Å². The summed E-state index contributed by atoms with van der Waals surface area (Å²) in [5.74, 6) is -0.0407. The van der Waals surface area contributed by atoms with Gasteiger partial charge in [-0.15, -0.1) is 0 Å². The molecule has 8 nitrogen and oxygen atoms in total. The van der Waals surface area contributed by atoms with Gasteiger partial charge in [0.25, 0.3) is 11.7 Å². The predicted octanol–water partition coefficient (Wildman–Crippen LogP) is 3.48. The number of ether oxygens (including phenoxy) is 4. The Kier molecular flexibility index (Phi) is 7.60. The predicted molar refractivity (Wildman–Crippen MR) is 123 cm³/mol. The Morgan fingerprint density at radius 1 is 0.970 bits per heavy atom. The third-order valence-corrected chi connectivity index (χ3v) is 5.71. The van der Waals surface area contributed by atoms with Crippen molar-refractivity contribution in [2.45, 2.75) is 19.4 Å². The number of aliphatic hydroxyl groups excluding tert-OH is 1. The summed E-state index contributed by atoms with van der Waals surface area (Å²) in [7, 11) is 6.17. The lowest BCUT2D eigenvalue weighted by molar-refractivity contribution is -0.140. The molecule has 1 aliphatic heterocycles. The molecule has 1 unspecified atom stereocenters. The normalized spacial score (nSPS) is 17.4. The Morgan fingerprint density at radius 3 is 2.24 bits per heavy atom. The molecule has 1 fully saturated rings. The van der Waals surface area contributed by atoms with E-state index >= 15 is 0 Å². The molecule has 1 saturated heterocycles. The molecule has 8 heteroatoms. The van der Waals surface area contributed by atoms with E-state index in [4.69, 9.17) is 18.9 Å². The van der Waals surface area contributed by atoms with Gasteiger partial charge in [0.15, 0.2) is 0 Å². The molecule has 33 heavy (non-hydrogen) atoms. The molecule has 0 radical (unpaired) electrons. The Labute approximate surface area is 193 Å². The van der Waals surface area contributed by atoms with Crippen molar-refractivity contribution in [3.8, 4) is 17.2 Å². The van der Waals surface area contributed by atoms with Crippen molar-refractivity contribution < 1.29 is 33.6 Å². The molecule has 0 bridgehead atoms. The van der Waals surface area contributed by atoms with Crippen LogP contribution in [0.15, 0.2) is 42.0 Å². The number of benzene rings is 2. The number of hydrogen-bond donors (Lipinski definition) is 1. The average molecular weight is 456 g/mol. The number of aliphatic hydroxyl groups is 1. The molecule has 176 valence electrons. The number of hydrogen-bond acceptors (Lipinski definition) is 7. The summed E-state index contributed by atoms with van der Waals surface area (Å²) in [4.78, 5) is 27.7. The van der Waals surface area contributed by atoms with Crippen molar-refractivity contribution in [3.05, 3.63) is 58.7 Å². The number of ketones is 1. The average Bonchev–Trinajstić information content (AvgIpc) is 3.08. The quantitative estimate of drug-likeness (QED) is 0.268. The van der Waals surface area contributed by atoms with Crippen LogP contribution in [-0.4, -0.2) is 63.3 Å². The monoisotopic (exact) mass is 455 g/mol. The van der Waals surface area contributed by atoms with Crippen molar-refractivity contribution in [1.29, 1.82) is 0 Å². The van der Waals surface area contributed by atoms with Crippen LogP contribution < -0.4 is 14.2 Å². The van der Waals surface area contributed by atoms with Crippen molar-refractivity contribution in [1.82, 2.24) is 4.90 Å². The second-order valence-corrected chi connectivity index (χ2v) is 7.63. The maximum absolute atomic E-state index is 13.2. The highest BCUT2D eigenvalue weighted by atomic mass is 16.5. The fourth-order valence-corrected chi connectivity index (χ4v) is 4.03. The zero-order valence-corrected chi connectivity index (χ0v) is 19.5. The van der Waals surface area contributed by atoms with E-state index in [1.165, 1.54) is 19.1 Å². The molecule has 0 spiro atoms. The highest BCUT2D eigenvalue weighted by molar-refractivity contribution is 6.46. The Balaban J connectivity index is 2.21. The second-order valence-electron chi connectivity index (χ2n) is 7.63. The minimum Gasteiger partial charge on any atom is -0.507 e. The maximum Gasteiger partial charge on any atom is 0.295 e. The molecule has 2 aromatic carbocycles. The summed E-state index contributed by atoms with van der Waals surface area (Å²) in [6.07, 6.45) is 0.528. The molecule has 1 heterocycles. The van der Waals surface area contributed by atoms with E-state index in [1.54, 1.807) is 57.5 Å². The van der Waals surface area contributed by atoms with Gasteiger partial charge in [-0.25, -0.2) is 0 Å². The topological polar surface area (TPSA) is 94.5 Å². The van der Waals surface area contributed by atoms with Gasteiger partial charge in [0.05, 0.1) is 32.9 Å². The van der Waals surface area contributed by atoms with E-state index in [-0.39, 0.29) is 17.9 Å². The zero-order chi connectivity index (χ0) is 24.1. The van der Waals surface area contributed by atoms with Gasteiger partial charge in [-0.2, -0.15) is 0 Å². The summed E-state index contributed by atoms with van der Waals surface area (Å²) in [5, 5.41) is 11.3. The third-order valence-electron chi connectivity index (χ3n) is 5.71. The van der Waals surface area contributed by atoms with Gasteiger partial charge in [-0.1, -0.05) is 0 Å². The van der Waals surface area contributed by atoms with Crippen molar-refractivity contribution >= 4 is 17.4 Å². The molecule has 0 aliphatic carbocycles. The van der Waals surface area contributed by atoms with E-state index in [9.17, 15) is 14.7 Å². The summed E-state index contributed by atoms with van der Waals surface area (Å²) in [6.45, 7) is 2.50. The highest BCUT2D eigenvalue weighted by Crippen LogP contribution is 2.44.